The zero-order valence-corrected chi connectivity index (χ0v) is 9.88. The van der Waals surface area contributed by atoms with Gasteiger partial charge in [-0.05, 0) is 27.3 Å². The fourth-order valence-corrected chi connectivity index (χ4v) is 1.17. The summed E-state index contributed by atoms with van der Waals surface area (Å²) in [6, 6.07) is 3.16. The van der Waals surface area contributed by atoms with Crippen molar-refractivity contribution in [3.63, 3.8) is 0 Å². The van der Waals surface area contributed by atoms with Gasteiger partial charge in [-0.2, -0.15) is 5.26 Å². The molecule has 0 aliphatic rings. The molecular formula is C11H23N3. The maximum Gasteiger partial charge on any atom is 0.0638 e. The molecule has 1 N–H and O–H groups in total. The van der Waals surface area contributed by atoms with E-state index in [1.165, 1.54) is 0 Å². The summed E-state index contributed by atoms with van der Waals surface area (Å²) in [4.78, 5) is 2.30. The average Bonchev–Trinajstić information content (AvgIpc) is 2.16. The average molecular weight is 197 g/mol. The summed E-state index contributed by atoms with van der Waals surface area (Å²) < 4.78 is 0. The van der Waals surface area contributed by atoms with Crippen LogP contribution in [0.15, 0.2) is 0 Å². The van der Waals surface area contributed by atoms with Gasteiger partial charge in [-0.1, -0.05) is 6.92 Å². The lowest BCUT2D eigenvalue weighted by Gasteiger charge is -2.22. The number of rotatable bonds is 7. The topological polar surface area (TPSA) is 39.1 Å². The van der Waals surface area contributed by atoms with Crippen molar-refractivity contribution >= 4 is 0 Å². The van der Waals surface area contributed by atoms with Crippen molar-refractivity contribution in [2.75, 3.05) is 20.1 Å². The first-order chi connectivity index (χ1) is 6.61. The molecule has 3 nitrogen and oxygen atoms in total. The Hall–Kier alpha value is -0.590. The SMILES string of the molecule is CCC(CC#N)NCCN(C)C(C)C. The minimum Gasteiger partial charge on any atom is -0.312 e. The Morgan fingerprint density at radius 2 is 2.07 bits per heavy atom. The molecule has 14 heavy (non-hydrogen) atoms. The van der Waals surface area contributed by atoms with Crippen molar-refractivity contribution < 1.29 is 0 Å². The van der Waals surface area contributed by atoms with E-state index in [1.54, 1.807) is 0 Å². The molecule has 0 spiro atoms. The number of nitrogens with zero attached hydrogens (tertiary/aromatic N) is 2. The molecule has 0 aliphatic carbocycles. The molecule has 1 atom stereocenters. The Morgan fingerprint density at radius 1 is 1.43 bits per heavy atom. The number of hydrogen-bond acceptors (Lipinski definition) is 3. The van der Waals surface area contributed by atoms with E-state index >= 15 is 0 Å². The first-order valence-corrected chi connectivity index (χ1v) is 5.42. The molecule has 0 saturated heterocycles. The molecular weight excluding hydrogens is 174 g/mol. The van der Waals surface area contributed by atoms with Crippen LogP contribution in [0.5, 0.6) is 0 Å². The molecule has 0 saturated carbocycles. The second-order valence-corrected chi connectivity index (χ2v) is 4.00. The largest absolute Gasteiger partial charge is 0.312 e. The van der Waals surface area contributed by atoms with Crippen LogP contribution in [0, 0.1) is 11.3 Å². The van der Waals surface area contributed by atoms with Gasteiger partial charge in [-0.25, -0.2) is 0 Å². The lowest BCUT2D eigenvalue weighted by molar-refractivity contribution is 0.268. The Bertz CT molecular complexity index is 172. The summed E-state index contributed by atoms with van der Waals surface area (Å²) in [5.41, 5.74) is 0. The van der Waals surface area contributed by atoms with E-state index < -0.39 is 0 Å². The molecule has 0 aromatic carbocycles. The van der Waals surface area contributed by atoms with Crippen molar-refractivity contribution in [3.8, 4) is 6.07 Å². The highest BCUT2D eigenvalue weighted by Gasteiger charge is 2.06. The summed E-state index contributed by atoms with van der Waals surface area (Å²) in [5.74, 6) is 0. The number of nitriles is 1. The standard InChI is InChI=1S/C11H23N3/c1-5-11(6-7-12)13-8-9-14(4)10(2)3/h10-11,13H,5-6,8-9H2,1-4H3. The van der Waals surface area contributed by atoms with Crippen LogP contribution < -0.4 is 5.32 Å². The lowest BCUT2D eigenvalue weighted by atomic mass is 10.2. The summed E-state index contributed by atoms with van der Waals surface area (Å²) in [5, 5.41) is 12.0. The van der Waals surface area contributed by atoms with Crippen LogP contribution in [-0.2, 0) is 0 Å². The summed E-state index contributed by atoms with van der Waals surface area (Å²) in [6.07, 6.45) is 1.64. The van der Waals surface area contributed by atoms with Crippen molar-refractivity contribution in [2.45, 2.75) is 45.7 Å². The minimum absolute atomic E-state index is 0.362. The molecule has 0 aliphatic heterocycles. The molecule has 0 heterocycles. The second-order valence-electron chi connectivity index (χ2n) is 4.00. The third kappa shape index (κ3) is 5.95. The van der Waals surface area contributed by atoms with Crippen molar-refractivity contribution in [3.05, 3.63) is 0 Å². The van der Waals surface area contributed by atoms with E-state index in [0.29, 0.717) is 18.5 Å². The molecule has 0 radical (unpaired) electrons. The normalized spacial score (nSPS) is 13.2. The minimum atomic E-state index is 0.362. The first-order valence-electron chi connectivity index (χ1n) is 5.42. The number of likely N-dealkylation sites (N-methyl/N-ethyl adjacent to an activating group) is 1. The van der Waals surface area contributed by atoms with Crippen molar-refractivity contribution in [2.24, 2.45) is 0 Å². The summed E-state index contributed by atoms with van der Waals surface area (Å²) >= 11 is 0. The van der Waals surface area contributed by atoms with E-state index in [9.17, 15) is 0 Å². The second kappa shape index (κ2) is 7.78. The van der Waals surface area contributed by atoms with Gasteiger partial charge in [0.25, 0.3) is 0 Å². The van der Waals surface area contributed by atoms with E-state index in [4.69, 9.17) is 5.26 Å². The zero-order chi connectivity index (χ0) is 11.0. The molecule has 0 fully saturated rings. The predicted molar refractivity (Wildman–Crippen MR) is 60.1 cm³/mol. The molecule has 3 heteroatoms. The number of hydrogen-bond donors (Lipinski definition) is 1. The zero-order valence-electron chi connectivity index (χ0n) is 9.88. The molecule has 0 aromatic heterocycles. The lowest BCUT2D eigenvalue weighted by Crippen LogP contribution is -2.37. The molecule has 0 aromatic rings. The highest BCUT2D eigenvalue weighted by atomic mass is 15.1. The van der Waals surface area contributed by atoms with Crippen LogP contribution in [0.1, 0.15) is 33.6 Å². The Balaban J connectivity index is 3.56. The predicted octanol–water partition coefficient (Wildman–Crippen LogP) is 1.61. The summed E-state index contributed by atoms with van der Waals surface area (Å²) in [7, 11) is 2.12. The molecule has 82 valence electrons. The van der Waals surface area contributed by atoms with E-state index in [1.807, 2.05) is 0 Å². The van der Waals surface area contributed by atoms with Crippen LogP contribution >= 0.6 is 0 Å². The fraction of sp³-hybridized carbons (Fsp3) is 0.909. The monoisotopic (exact) mass is 197 g/mol. The third-order valence-electron chi connectivity index (χ3n) is 2.61. The Kier molecular flexibility index (Phi) is 7.45. The van der Waals surface area contributed by atoms with Gasteiger partial charge in [-0.3, -0.25) is 0 Å². The van der Waals surface area contributed by atoms with Gasteiger partial charge in [0.15, 0.2) is 0 Å². The van der Waals surface area contributed by atoms with E-state index in [-0.39, 0.29) is 0 Å². The first kappa shape index (κ1) is 13.4. The third-order valence-corrected chi connectivity index (χ3v) is 2.61. The summed E-state index contributed by atoms with van der Waals surface area (Å²) in [6.45, 7) is 8.49. The molecule has 0 bridgehead atoms. The van der Waals surface area contributed by atoms with Gasteiger partial charge in [0.05, 0.1) is 12.5 Å². The quantitative estimate of drug-likeness (QED) is 0.674. The maximum absolute atomic E-state index is 8.56. The molecule has 0 amide bonds. The molecule has 1 unspecified atom stereocenters. The maximum atomic E-state index is 8.56. The number of nitrogens with one attached hydrogen (secondary N) is 1. The highest BCUT2D eigenvalue weighted by molar-refractivity contribution is 4.79. The van der Waals surface area contributed by atoms with Gasteiger partial charge in [0.2, 0.25) is 0 Å². The fourth-order valence-electron chi connectivity index (χ4n) is 1.17. The highest BCUT2D eigenvalue weighted by Crippen LogP contribution is 1.96. The van der Waals surface area contributed by atoms with Gasteiger partial charge in [0.1, 0.15) is 0 Å². The van der Waals surface area contributed by atoms with Crippen molar-refractivity contribution in [1.29, 1.82) is 5.26 Å². The van der Waals surface area contributed by atoms with Gasteiger partial charge in [0, 0.05) is 25.2 Å². The van der Waals surface area contributed by atoms with Gasteiger partial charge < -0.3 is 10.2 Å². The van der Waals surface area contributed by atoms with Gasteiger partial charge >= 0.3 is 0 Å². The Labute approximate surface area is 88.1 Å². The van der Waals surface area contributed by atoms with Crippen molar-refractivity contribution in [1.82, 2.24) is 10.2 Å². The van der Waals surface area contributed by atoms with Crippen LogP contribution in [0.3, 0.4) is 0 Å². The van der Waals surface area contributed by atoms with E-state index in [0.717, 1.165) is 19.5 Å². The van der Waals surface area contributed by atoms with Crippen LogP contribution in [0.4, 0.5) is 0 Å². The van der Waals surface area contributed by atoms with Crippen LogP contribution in [0.25, 0.3) is 0 Å². The molecule has 0 rings (SSSR count). The van der Waals surface area contributed by atoms with Crippen LogP contribution in [0.2, 0.25) is 0 Å². The van der Waals surface area contributed by atoms with Crippen LogP contribution in [-0.4, -0.2) is 37.1 Å². The van der Waals surface area contributed by atoms with Gasteiger partial charge in [-0.15, -0.1) is 0 Å². The Morgan fingerprint density at radius 3 is 2.50 bits per heavy atom. The van der Waals surface area contributed by atoms with E-state index in [2.05, 4.69) is 44.1 Å². The smallest absolute Gasteiger partial charge is 0.0638 e.